The summed E-state index contributed by atoms with van der Waals surface area (Å²) in [5.41, 5.74) is 4.71. The first-order chi connectivity index (χ1) is 30.0. The highest BCUT2D eigenvalue weighted by Gasteiger charge is 2.54. The molecule has 2 aliphatic rings. The number of rotatable bonds is 12. The predicted molar refractivity (Wildman–Crippen MR) is 257 cm³/mol. The molecule has 2 N–H and O–H groups in total. The number of hydrogen-bond acceptors (Lipinski definition) is 11. The zero-order valence-electron chi connectivity index (χ0n) is 40.4. The Hall–Kier alpha value is -5.07. The molecule has 3 aromatic heterocycles. The van der Waals surface area contributed by atoms with Crippen LogP contribution in [-0.4, -0.2) is 53.3 Å². The standard InChI is InChI=1S/C39H40O9.C6H14.C4H10O2.C4H8/c1-6-7-24(2)13-18-44-37-27-12-17-39(46-33(27)23-31-29(37)16-21-42-31)47-34(38(4,5)48-39)10-8-25(3)14-19-43-36-26-9-11-35(40)45-32(26)22-30-28(36)15-20-41-30;1-5-6(2,3)4;1-4(2,6)3-5;1-4(2)3/h9,11-17,20-23,34H,6-8,10,18-19H2,1-5H3;5H2,1-4H3;5-6H,3H2,1-2H3;1H2,2-3H3/b24-13+,25-14+;;;. The number of benzene rings is 2. The van der Waals surface area contributed by atoms with Crippen molar-refractivity contribution in [3.8, 4) is 17.2 Å². The van der Waals surface area contributed by atoms with Crippen molar-refractivity contribution in [2.75, 3.05) is 19.8 Å². The Morgan fingerprint density at radius 2 is 1.36 bits per heavy atom. The third kappa shape index (κ3) is 14.7. The molecule has 350 valence electrons. The molecule has 0 radical (unpaired) electrons. The third-order valence-corrected chi connectivity index (χ3v) is 10.4. The van der Waals surface area contributed by atoms with Gasteiger partial charge in [0.2, 0.25) is 0 Å². The van der Waals surface area contributed by atoms with Crippen LogP contribution in [0.3, 0.4) is 0 Å². The molecule has 0 bridgehead atoms. The maximum Gasteiger partial charge on any atom is 0.350 e. The van der Waals surface area contributed by atoms with Crippen LogP contribution >= 0.6 is 0 Å². The van der Waals surface area contributed by atoms with E-state index in [1.54, 1.807) is 38.5 Å². The largest absolute Gasteiger partial charge is 0.488 e. The van der Waals surface area contributed by atoms with Gasteiger partial charge in [-0.05, 0) is 116 Å². The minimum absolute atomic E-state index is 0.174. The number of allylic oxidation sites excluding steroid dienone is 3. The van der Waals surface area contributed by atoms with Crippen molar-refractivity contribution < 1.29 is 47.1 Å². The van der Waals surface area contributed by atoms with Gasteiger partial charge in [-0.1, -0.05) is 64.2 Å². The summed E-state index contributed by atoms with van der Waals surface area (Å²) < 4.78 is 48.7. The molecule has 0 aliphatic carbocycles. The molecule has 7 rings (SSSR count). The third-order valence-electron chi connectivity index (χ3n) is 10.4. The lowest BCUT2D eigenvalue weighted by atomic mass is 9.94. The van der Waals surface area contributed by atoms with Crippen molar-refractivity contribution in [3.63, 3.8) is 0 Å². The van der Waals surface area contributed by atoms with Gasteiger partial charge in [0.05, 0.1) is 58.2 Å². The van der Waals surface area contributed by atoms with Gasteiger partial charge in [0.15, 0.2) is 0 Å². The van der Waals surface area contributed by atoms with E-state index in [0.717, 1.165) is 41.2 Å². The monoisotopic (exact) mass is 885 g/mol. The fraction of sp³-hybridized carbons (Fsp3) is 0.491. The van der Waals surface area contributed by atoms with E-state index in [0.29, 0.717) is 64.4 Å². The van der Waals surface area contributed by atoms with E-state index in [2.05, 4.69) is 61.1 Å². The highest BCUT2D eigenvalue weighted by Crippen LogP contribution is 2.48. The zero-order valence-corrected chi connectivity index (χ0v) is 40.4. The molecule has 2 unspecified atom stereocenters. The Kier molecular flexibility index (Phi) is 17.9. The average Bonchev–Trinajstić information content (AvgIpc) is 3.93. The molecule has 5 aromatic rings. The van der Waals surface area contributed by atoms with E-state index in [-0.39, 0.29) is 12.7 Å². The fourth-order valence-corrected chi connectivity index (χ4v) is 6.42. The Labute approximate surface area is 379 Å². The Bertz CT molecular complexity index is 2440. The smallest absolute Gasteiger partial charge is 0.350 e. The van der Waals surface area contributed by atoms with Crippen LogP contribution in [0, 0.1) is 5.41 Å². The minimum Gasteiger partial charge on any atom is -0.488 e. The number of aliphatic hydroxyl groups is 2. The molecule has 1 saturated heterocycles. The van der Waals surface area contributed by atoms with E-state index in [1.807, 2.05) is 64.1 Å². The van der Waals surface area contributed by atoms with Gasteiger partial charge in [-0.25, -0.2) is 4.79 Å². The van der Waals surface area contributed by atoms with Crippen molar-refractivity contribution in [2.24, 2.45) is 5.41 Å². The highest BCUT2D eigenvalue weighted by molar-refractivity contribution is 6.01. The Balaban J connectivity index is 0.000000482. The van der Waals surface area contributed by atoms with E-state index < -0.39 is 22.8 Å². The van der Waals surface area contributed by atoms with Crippen molar-refractivity contribution in [3.05, 3.63) is 106 Å². The molecule has 64 heavy (non-hydrogen) atoms. The van der Waals surface area contributed by atoms with Crippen molar-refractivity contribution >= 4 is 39.0 Å². The first-order valence-corrected chi connectivity index (χ1v) is 22.3. The topological polar surface area (TPSA) is 143 Å². The average molecular weight is 885 g/mol. The van der Waals surface area contributed by atoms with Crippen LogP contribution in [0.15, 0.2) is 108 Å². The lowest BCUT2D eigenvalue weighted by Gasteiger charge is -2.30. The van der Waals surface area contributed by atoms with Gasteiger partial charge in [0.1, 0.15) is 47.2 Å². The number of furan rings is 2. The lowest BCUT2D eigenvalue weighted by molar-refractivity contribution is -0.270. The maximum atomic E-state index is 11.8. The summed E-state index contributed by atoms with van der Waals surface area (Å²) >= 11 is 0. The molecule has 11 heteroatoms. The zero-order chi connectivity index (χ0) is 47.5. The summed E-state index contributed by atoms with van der Waals surface area (Å²) in [4.78, 5) is 11.8. The summed E-state index contributed by atoms with van der Waals surface area (Å²) in [7, 11) is 0. The van der Waals surface area contributed by atoms with Crippen molar-refractivity contribution in [1.29, 1.82) is 0 Å². The van der Waals surface area contributed by atoms with Gasteiger partial charge in [0, 0.05) is 24.3 Å². The van der Waals surface area contributed by atoms with Crippen LogP contribution in [-0.2, 0) is 9.47 Å². The fourth-order valence-electron chi connectivity index (χ4n) is 6.42. The van der Waals surface area contributed by atoms with E-state index in [4.69, 9.17) is 47.1 Å². The first-order valence-electron chi connectivity index (χ1n) is 22.3. The van der Waals surface area contributed by atoms with Crippen LogP contribution in [0.5, 0.6) is 17.2 Å². The molecule has 2 aliphatic heterocycles. The van der Waals surface area contributed by atoms with Gasteiger partial charge in [0.25, 0.3) is 0 Å². The molecule has 0 amide bonds. The van der Waals surface area contributed by atoms with Crippen LogP contribution in [0.2, 0.25) is 0 Å². The van der Waals surface area contributed by atoms with E-state index in [9.17, 15) is 4.79 Å². The molecule has 2 atom stereocenters. The number of hydrogen-bond donors (Lipinski definition) is 2. The van der Waals surface area contributed by atoms with Crippen LogP contribution in [0.4, 0.5) is 0 Å². The van der Waals surface area contributed by atoms with Gasteiger partial charge in [-0.2, -0.15) is 0 Å². The molecule has 2 aromatic carbocycles. The predicted octanol–water partition coefficient (Wildman–Crippen LogP) is 13.2. The molecular formula is C53H72O11. The SMILES string of the molecule is C=C(C)C.CC(C)(O)CO.CCC(C)(C)C.CCC/C(C)=C/COc1c2c(cc3occc13)OC1(C=C2)OC(CC/C(C)=C/COc2c3ccoc3cc3oc(=O)ccc23)C(C)(C)O1. The summed E-state index contributed by atoms with van der Waals surface area (Å²) in [6.07, 6.45) is 15.8. The molecule has 5 heterocycles. The van der Waals surface area contributed by atoms with Gasteiger partial charge < -0.3 is 47.1 Å². The number of ether oxygens (including phenoxy) is 5. The second-order valence-corrected chi connectivity index (χ2v) is 19.1. The molecular weight excluding hydrogens is 813 g/mol. The van der Waals surface area contributed by atoms with E-state index >= 15 is 0 Å². The summed E-state index contributed by atoms with van der Waals surface area (Å²) in [6, 6.07) is 10.4. The first kappa shape index (κ1) is 51.6. The number of fused-ring (bicyclic) bond motifs is 4. The van der Waals surface area contributed by atoms with E-state index in [1.165, 1.54) is 23.6 Å². The van der Waals surface area contributed by atoms with Gasteiger partial charge in [-0.15, -0.1) is 6.58 Å². The molecule has 0 saturated carbocycles. The van der Waals surface area contributed by atoms with Gasteiger partial charge >= 0.3 is 11.6 Å². The van der Waals surface area contributed by atoms with Crippen molar-refractivity contribution in [1.82, 2.24) is 0 Å². The van der Waals surface area contributed by atoms with Crippen molar-refractivity contribution in [2.45, 2.75) is 145 Å². The normalized spacial score (nSPS) is 18.1. The quantitative estimate of drug-likeness (QED) is 0.0913. The van der Waals surface area contributed by atoms with Crippen LogP contribution in [0.1, 0.15) is 128 Å². The summed E-state index contributed by atoms with van der Waals surface area (Å²) in [5.74, 6) is 0.537. The summed E-state index contributed by atoms with van der Waals surface area (Å²) in [6.45, 7) is 30.6. The molecule has 1 fully saturated rings. The molecule has 11 nitrogen and oxygen atoms in total. The Morgan fingerprint density at radius 1 is 0.828 bits per heavy atom. The van der Waals surface area contributed by atoms with Crippen LogP contribution in [0.25, 0.3) is 39.0 Å². The second-order valence-electron chi connectivity index (χ2n) is 19.1. The molecule has 1 spiro atoms. The second kappa shape index (κ2) is 22.2. The minimum atomic E-state index is -1.36. The van der Waals surface area contributed by atoms with Crippen LogP contribution < -0.4 is 19.8 Å². The summed E-state index contributed by atoms with van der Waals surface area (Å²) in [5, 5.41) is 19.1. The number of aliphatic hydroxyl groups excluding tert-OH is 1. The maximum absolute atomic E-state index is 11.8. The highest BCUT2D eigenvalue weighted by atomic mass is 16.9. The Morgan fingerprint density at radius 3 is 1.92 bits per heavy atom. The van der Waals surface area contributed by atoms with Gasteiger partial charge in [-0.3, -0.25) is 0 Å². The lowest BCUT2D eigenvalue weighted by Crippen LogP contribution is -2.38.